The largest absolute Gasteiger partial charge is 0.478 e. The van der Waals surface area contributed by atoms with Crippen molar-refractivity contribution in [2.45, 2.75) is 12.5 Å². The third-order valence-electron chi connectivity index (χ3n) is 2.23. The number of carboxylic acid groups (broad SMARTS) is 1. The van der Waals surface area contributed by atoms with Crippen LogP contribution in [0.2, 0.25) is 0 Å². The number of hydrogen-bond acceptors (Lipinski definition) is 2. The summed E-state index contributed by atoms with van der Waals surface area (Å²) in [6.45, 7) is 1.99. The fourth-order valence-corrected chi connectivity index (χ4v) is 1.20. The average Bonchev–Trinajstić information content (AvgIpc) is 2.85. The van der Waals surface area contributed by atoms with Gasteiger partial charge in [0.05, 0.1) is 5.56 Å². The second-order valence-corrected chi connectivity index (χ2v) is 3.29. The third-order valence-corrected chi connectivity index (χ3v) is 2.23. The molecule has 0 aromatic heterocycles. The lowest BCUT2D eigenvalue weighted by molar-refractivity contribution is 0.0697. The van der Waals surface area contributed by atoms with Gasteiger partial charge in [0.2, 0.25) is 0 Å². The Balaban J connectivity index is 2.29. The Morgan fingerprint density at radius 2 is 1.92 bits per heavy atom. The molecule has 66 valence electrons. The van der Waals surface area contributed by atoms with E-state index in [4.69, 9.17) is 5.11 Å². The first-order valence-electron chi connectivity index (χ1n) is 4.02. The summed E-state index contributed by atoms with van der Waals surface area (Å²) in [6.07, 6.45) is 1.85. The van der Waals surface area contributed by atoms with E-state index in [1.165, 1.54) is 0 Å². The second-order valence-electron chi connectivity index (χ2n) is 3.29. The summed E-state index contributed by atoms with van der Waals surface area (Å²) in [5.41, 5.74) is 1.18. The van der Waals surface area contributed by atoms with Crippen LogP contribution in [0.25, 0.3) is 0 Å². The van der Waals surface area contributed by atoms with E-state index in [9.17, 15) is 4.79 Å². The zero-order valence-electron chi connectivity index (χ0n) is 7.19. The first-order valence-corrected chi connectivity index (χ1v) is 4.02. The maximum Gasteiger partial charge on any atom is 0.335 e. The molecule has 2 rings (SSSR count). The molecule has 1 aromatic carbocycles. The molecule has 0 aliphatic carbocycles. The van der Waals surface area contributed by atoms with E-state index in [0.29, 0.717) is 5.56 Å². The molecule has 1 heterocycles. The molecule has 0 saturated carbocycles. The predicted octanol–water partition coefficient (Wildman–Crippen LogP) is 1.68. The van der Waals surface area contributed by atoms with Crippen molar-refractivity contribution in [3.63, 3.8) is 0 Å². The SMILES string of the molecule is CC1(c2ccc(C(=O)O)cc2)C=N1. The summed E-state index contributed by atoms with van der Waals surface area (Å²) in [5, 5.41) is 8.66. The smallest absolute Gasteiger partial charge is 0.335 e. The van der Waals surface area contributed by atoms with Gasteiger partial charge < -0.3 is 5.11 Å². The molecule has 0 radical (unpaired) electrons. The molecule has 1 N–H and O–H groups in total. The number of rotatable bonds is 2. The van der Waals surface area contributed by atoms with Crippen LogP contribution in [0.4, 0.5) is 0 Å². The number of carboxylic acids is 1. The van der Waals surface area contributed by atoms with Crippen LogP contribution in [0.15, 0.2) is 29.3 Å². The summed E-state index contributed by atoms with van der Waals surface area (Å²) in [6, 6.07) is 6.81. The van der Waals surface area contributed by atoms with Crippen molar-refractivity contribution in [2.24, 2.45) is 4.99 Å². The number of hydrogen-bond donors (Lipinski definition) is 1. The minimum atomic E-state index is -0.895. The van der Waals surface area contributed by atoms with Gasteiger partial charge >= 0.3 is 5.97 Å². The fraction of sp³-hybridized carbons (Fsp3) is 0.200. The topological polar surface area (TPSA) is 49.7 Å². The van der Waals surface area contributed by atoms with E-state index in [0.717, 1.165) is 5.56 Å². The molecule has 1 atom stereocenters. The second kappa shape index (κ2) is 2.42. The van der Waals surface area contributed by atoms with Crippen molar-refractivity contribution < 1.29 is 9.90 Å². The minimum Gasteiger partial charge on any atom is -0.478 e. The van der Waals surface area contributed by atoms with Crippen LogP contribution >= 0.6 is 0 Å². The Bertz CT molecular complexity index is 372. The molecule has 1 aliphatic rings. The predicted molar refractivity (Wildman–Crippen MR) is 49.2 cm³/mol. The maximum atomic E-state index is 10.5. The minimum absolute atomic E-state index is 0.170. The Morgan fingerprint density at radius 3 is 2.31 bits per heavy atom. The molecule has 0 bridgehead atoms. The van der Waals surface area contributed by atoms with Gasteiger partial charge in [-0.05, 0) is 24.6 Å². The van der Waals surface area contributed by atoms with Gasteiger partial charge in [0, 0.05) is 6.21 Å². The van der Waals surface area contributed by atoms with Crippen LogP contribution in [0.5, 0.6) is 0 Å². The zero-order valence-corrected chi connectivity index (χ0v) is 7.19. The summed E-state index contributed by atoms with van der Waals surface area (Å²) in [5.74, 6) is -0.895. The van der Waals surface area contributed by atoms with Gasteiger partial charge in [-0.25, -0.2) is 4.79 Å². The molecule has 1 aliphatic heterocycles. The van der Waals surface area contributed by atoms with E-state index < -0.39 is 5.97 Å². The van der Waals surface area contributed by atoms with E-state index in [1.54, 1.807) is 24.3 Å². The van der Waals surface area contributed by atoms with Gasteiger partial charge in [0.25, 0.3) is 0 Å². The molecule has 0 fully saturated rings. The Morgan fingerprint density at radius 1 is 1.38 bits per heavy atom. The number of aliphatic imine (C=N–C) groups is 1. The highest BCUT2D eigenvalue weighted by atomic mass is 16.4. The van der Waals surface area contributed by atoms with Crippen LogP contribution in [-0.2, 0) is 5.54 Å². The highest BCUT2D eigenvalue weighted by Crippen LogP contribution is 2.32. The molecule has 0 spiro atoms. The van der Waals surface area contributed by atoms with Crippen LogP contribution in [0, 0.1) is 0 Å². The average molecular weight is 175 g/mol. The van der Waals surface area contributed by atoms with E-state index in [-0.39, 0.29) is 5.54 Å². The normalized spacial score (nSPS) is 24.4. The number of benzene rings is 1. The third kappa shape index (κ3) is 1.33. The number of nitrogens with zero attached hydrogens (tertiary/aromatic N) is 1. The molecule has 3 nitrogen and oxygen atoms in total. The molecule has 0 amide bonds. The van der Waals surface area contributed by atoms with Crippen molar-refractivity contribution in [3.05, 3.63) is 35.4 Å². The molecule has 13 heavy (non-hydrogen) atoms. The Labute approximate surface area is 75.7 Å². The van der Waals surface area contributed by atoms with Gasteiger partial charge in [-0.2, -0.15) is 0 Å². The molecular weight excluding hydrogens is 166 g/mol. The van der Waals surface area contributed by atoms with Gasteiger partial charge in [-0.3, -0.25) is 4.99 Å². The molecule has 1 aromatic rings. The van der Waals surface area contributed by atoms with Crippen LogP contribution < -0.4 is 0 Å². The van der Waals surface area contributed by atoms with Crippen LogP contribution in [0.1, 0.15) is 22.8 Å². The standard InChI is InChI=1S/C10H9NO2/c1-10(6-11-10)8-4-2-7(3-5-8)9(12)13/h2-6H,1H3,(H,12,13). The Kier molecular flexibility index (Phi) is 1.49. The Hall–Kier alpha value is -1.64. The summed E-state index contributed by atoms with van der Waals surface area (Å²) in [7, 11) is 0. The maximum absolute atomic E-state index is 10.5. The molecule has 1 unspecified atom stereocenters. The van der Waals surface area contributed by atoms with Crippen molar-refractivity contribution in [2.75, 3.05) is 0 Å². The summed E-state index contributed by atoms with van der Waals surface area (Å²) < 4.78 is 0. The van der Waals surface area contributed by atoms with E-state index >= 15 is 0 Å². The van der Waals surface area contributed by atoms with Gasteiger partial charge in [-0.15, -0.1) is 0 Å². The molecular formula is C10H9NO2. The lowest BCUT2D eigenvalue weighted by Gasteiger charge is -2.06. The highest BCUT2D eigenvalue weighted by molar-refractivity contribution is 5.89. The van der Waals surface area contributed by atoms with Crippen molar-refractivity contribution >= 4 is 12.2 Å². The molecule has 0 saturated heterocycles. The van der Waals surface area contributed by atoms with Crippen LogP contribution in [-0.4, -0.2) is 17.3 Å². The lowest BCUT2D eigenvalue weighted by Crippen LogP contribution is -2.05. The summed E-state index contributed by atoms with van der Waals surface area (Å²) in [4.78, 5) is 14.7. The van der Waals surface area contributed by atoms with E-state index in [1.807, 2.05) is 13.1 Å². The first kappa shape index (κ1) is 7.98. The van der Waals surface area contributed by atoms with Crippen LogP contribution in [0.3, 0.4) is 0 Å². The first-order chi connectivity index (χ1) is 6.12. The van der Waals surface area contributed by atoms with Gasteiger partial charge in [0.1, 0.15) is 5.54 Å². The number of carbonyl (C=O) groups is 1. The van der Waals surface area contributed by atoms with Crippen molar-refractivity contribution in [3.8, 4) is 0 Å². The summed E-state index contributed by atoms with van der Waals surface area (Å²) >= 11 is 0. The fourth-order valence-electron chi connectivity index (χ4n) is 1.20. The quantitative estimate of drug-likeness (QED) is 0.743. The number of aromatic carboxylic acids is 1. The van der Waals surface area contributed by atoms with E-state index in [2.05, 4.69) is 4.99 Å². The zero-order chi connectivity index (χ0) is 9.47. The van der Waals surface area contributed by atoms with Gasteiger partial charge in [-0.1, -0.05) is 12.1 Å². The van der Waals surface area contributed by atoms with Crippen molar-refractivity contribution in [1.29, 1.82) is 0 Å². The highest BCUT2D eigenvalue weighted by Gasteiger charge is 2.32. The lowest BCUT2D eigenvalue weighted by atomic mass is 9.99. The van der Waals surface area contributed by atoms with Crippen molar-refractivity contribution in [1.82, 2.24) is 0 Å². The molecule has 3 heteroatoms. The van der Waals surface area contributed by atoms with Gasteiger partial charge in [0.15, 0.2) is 0 Å². The monoisotopic (exact) mass is 175 g/mol.